The van der Waals surface area contributed by atoms with Gasteiger partial charge in [-0.05, 0) is 81.6 Å². The van der Waals surface area contributed by atoms with Gasteiger partial charge in [0.15, 0.2) is 0 Å². The summed E-state index contributed by atoms with van der Waals surface area (Å²) in [5.41, 5.74) is 4.43. The summed E-state index contributed by atoms with van der Waals surface area (Å²) in [7, 11) is 2.11. The van der Waals surface area contributed by atoms with Crippen molar-refractivity contribution < 1.29 is 14.0 Å². The van der Waals surface area contributed by atoms with Crippen LogP contribution in [0.25, 0.3) is 0 Å². The molecule has 0 bridgehead atoms. The number of fused-ring (bicyclic) bond motifs is 1. The van der Waals surface area contributed by atoms with E-state index in [1.807, 2.05) is 18.6 Å². The number of hydrogen-bond acceptors (Lipinski definition) is 4. The van der Waals surface area contributed by atoms with E-state index in [1.54, 1.807) is 19.1 Å². The van der Waals surface area contributed by atoms with Crippen LogP contribution in [0.15, 0.2) is 18.2 Å². The van der Waals surface area contributed by atoms with Gasteiger partial charge in [0.1, 0.15) is 12.6 Å². The first kappa shape index (κ1) is 24.0. The Morgan fingerprint density at radius 2 is 1.93 bits per heavy atom. The maximum Gasteiger partial charge on any atom is 0.219 e. The zero-order chi connectivity index (χ0) is 22.3. The minimum absolute atomic E-state index is 0.131. The molecule has 0 spiro atoms. The Balaban J connectivity index is 0.000000199. The molecule has 1 aromatic carbocycles. The molecule has 8 heteroatoms. The molecule has 3 heterocycles. The van der Waals surface area contributed by atoms with Crippen LogP contribution in [0.3, 0.4) is 0 Å². The molecule has 2 aromatic rings. The van der Waals surface area contributed by atoms with Gasteiger partial charge in [-0.1, -0.05) is 11.6 Å². The molecule has 0 saturated carbocycles. The standard InChI is InChI=1S/C12H15ClFN.C9H13N3O.CH2O/c1-15-6-4-9(5-7-15)11-8-10(14)2-3-12(11)13;1-6-8-3-4-12(7(2)13)5-9(8)11-10-6;1-2/h2-3,8-9H,4-7H2,1H3;3-5H2,1-2H3,(H,10,11);1H2. The Hall–Kier alpha value is -2.25. The summed E-state index contributed by atoms with van der Waals surface area (Å²) in [6.45, 7) is 9.24. The molecule has 0 aliphatic carbocycles. The minimum atomic E-state index is -0.187. The predicted octanol–water partition coefficient (Wildman–Crippen LogP) is 3.73. The highest BCUT2D eigenvalue weighted by Crippen LogP contribution is 2.32. The summed E-state index contributed by atoms with van der Waals surface area (Å²) in [6, 6.07) is 4.66. The Morgan fingerprint density at radius 3 is 2.57 bits per heavy atom. The molecule has 1 aromatic heterocycles. The van der Waals surface area contributed by atoms with Crippen LogP contribution in [-0.2, 0) is 22.6 Å². The first-order valence-corrected chi connectivity index (χ1v) is 10.4. The van der Waals surface area contributed by atoms with Crippen molar-refractivity contribution >= 4 is 24.3 Å². The third-order valence-electron chi connectivity index (χ3n) is 5.69. The van der Waals surface area contributed by atoms with Crippen molar-refractivity contribution in [3.63, 3.8) is 0 Å². The molecule has 1 N–H and O–H groups in total. The number of H-pyrrole nitrogens is 1. The number of hydrogen-bond donors (Lipinski definition) is 1. The van der Waals surface area contributed by atoms with Crippen LogP contribution in [0, 0.1) is 12.7 Å². The second-order valence-corrected chi connectivity index (χ2v) is 8.12. The molecule has 1 amide bonds. The highest BCUT2D eigenvalue weighted by Gasteiger charge is 2.22. The summed E-state index contributed by atoms with van der Waals surface area (Å²) in [4.78, 5) is 23.2. The fourth-order valence-corrected chi connectivity index (χ4v) is 4.16. The Bertz CT molecular complexity index is 850. The van der Waals surface area contributed by atoms with Gasteiger partial charge in [-0.25, -0.2) is 4.39 Å². The van der Waals surface area contributed by atoms with Gasteiger partial charge in [0.25, 0.3) is 0 Å². The highest BCUT2D eigenvalue weighted by atomic mass is 35.5. The van der Waals surface area contributed by atoms with E-state index in [4.69, 9.17) is 16.4 Å². The van der Waals surface area contributed by atoms with E-state index in [0.29, 0.717) is 17.5 Å². The van der Waals surface area contributed by atoms with Gasteiger partial charge in [0.2, 0.25) is 5.91 Å². The average molecular weight is 437 g/mol. The highest BCUT2D eigenvalue weighted by molar-refractivity contribution is 6.31. The lowest BCUT2D eigenvalue weighted by atomic mass is 9.89. The number of likely N-dealkylation sites (tertiary alicyclic amines) is 1. The van der Waals surface area contributed by atoms with Gasteiger partial charge >= 0.3 is 0 Å². The average Bonchev–Trinajstić information content (AvgIpc) is 3.13. The molecule has 2 aliphatic heterocycles. The van der Waals surface area contributed by atoms with Crippen LogP contribution in [-0.4, -0.2) is 59.4 Å². The summed E-state index contributed by atoms with van der Waals surface area (Å²) in [5, 5.41) is 7.82. The molecule has 0 unspecified atom stereocenters. The van der Waals surface area contributed by atoms with Crippen molar-refractivity contribution in [1.82, 2.24) is 20.0 Å². The number of nitrogens with zero attached hydrogens (tertiary/aromatic N) is 3. The van der Waals surface area contributed by atoms with Gasteiger partial charge in [-0.15, -0.1) is 0 Å². The summed E-state index contributed by atoms with van der Waals surface area (Å²) in [5.74, 6) is 0.365. The van der Waals surface area contributed by atoms with E-state index in [2.05, 4.69) is 22.1 Å². The molecule has 1 saturated heterocycles. The summed E-state index contributed by atoms with van der Waals surface area (Å²) in [6.07, 6.45) is 3.07. The molecule has 164 valence electrons. The molecule has 6 nitrogen and oxygen atoms in total. The van der Waals surface area contributed by atoms with Crippen molar-refractivity contribution in [3.8, 4) is 0 Å². The number of carbonyl (C=O) groups excluding carboxylic acids is 2. The van der Waals surface area contributed by atoms with Crippen LogP contribution >= 0.6 is 11.6 Å². The lowest BCUT2D eigenvalue weighted by molar-refractivity contribution is -0.129. The third-order valence-corrected chi connectivity index (χ3v) is 6.04. The number of piperidine rings is 1. The van der Waals surface area contributed by atoms with E-state index < -0.39 is 0 Å². The quantitative estimate of drug-likeness (QED) is 0.739. The molecule has 2 aliphatic rings. The van der Waals surface area contributed by atoms with E-state index in [9.17, 15) is 9.18 Å². The lowest BCUT2D eigenvalue weighted by Gasteiger charge is -2.29. The maximum absolute atomic E-state index is 13.1. The Morgan fingerprint density at radius 1 is 1.27 bits per heavy atom. The van der Waals surface area contributed by atoms with Gasteiger partial charge in [-0.3, -0.25) is 9.89 Å². The number of halogens is 2. The van der Waals surface area contributed by atoms with Crippen molar-refractivity contribution in [1.29, 1.82) is 0 Å². The minimum Gasteiger partial charge on any atom is -0.337 e. The largest absolute Gasteiger partial charge is 0.337 e. The normalized spacial score (nSPS) is 16.6. The molecule has 0 atom stereocenters. The van der Waals surface area contributed by atoms with Crippen LogP contribution in [0.4, 0.5) is 4.39 Å². The molecular formula is C22H30ClFN4O2. The molecule has 30 heavy (non-hydrogen) atoms. The second-order valence-electron chi connectivity index (χ2n) is 7.71. The number of carbonyl (C=O) groups is 2. The number of nitrogens with one attached hydrogen (secondary N) is 1. The van der Waals surface area contributed by atoms with E-state index in [0.717, 1.165) is 55.8 Å². The van der Waals surface area contributed by atoms with Crippen LogP contribution in [0.5, 0.6) is 0 Å². The van der Waals surface area contributed by atoms with Crippen LogP contribution in [0.1, 0.15) is 48.2 Å². The molecule has 1 fully saturated rings. The molecular weight excluding hydrogens is 407 g/mol. The fraction of sp³-hybridized carbons (Fsp3) is 0.500. The smallest absolute Gasteiger partial charge is 0.219 e. The Kier molecular flexibility index (Phi) is 8.99. The zero-order valence-corrected chi connectivity index (χ0v) is 18.6. The van der Waals surface area contributed by atoms with Crippen molar-refractivity contribution in [2.45, 2.75) is 45.6 Å². The third kappa shape index (κ3) is 6.12. The predicted molar refractivity (Wildman–Crippen MR) is 116 cm³/mol. The van der Waals surface area contributed by atoms with Gasteiger partial charge in [0.05, 0.1) is 12.2 Å². The zero-order valence-electron chi connectivity index (χ0n) is 17.9. The first-order chi connectivity index (χ1) is 14.3. The monoisotopic (exact) mass is 436 g/mol. The number of aromatic nitrogens is 2. The number of aromatic amines is 1. The van der Waals surface area contributed by atoms with Crippen molar-refractivity contribution in [3.05, 3.63) is 51.6 Å². The number of rotatable bonds is 1. The van der Waals surface area contributed by atoms with Crippen LogP contribution < -0.4 is 0 Å². The van der Waals surface area contributed by atoms with Gasteiger partial charge in [0, 0.05) is 24.2 Å². The SMILES string of the molecule is C=O.CC(=O)N1CCc2c(n[nH]c2C)C1.CN1CCC(c2cc(F)ccc2Cl)CC1. The van der Waals surface area contributed by atoms with Crippen LogP contribution in [0.2, 0.25) is 5.02 Å². The van der Waals surface area contributed by atoms with Gasteiger partial charge in [-0.2, -0.15) is 5.10 Å². The van der Waals surface area contributed by atoms with Crippen molar-refractivity contribution in [2.24, 2.45) is 0 Å². The van der Waals surface area contributed by atoms with E-state index in [1.165, 1.54) is 11.6 Å². The van der Waals surface area contributed by atoms with E-state index in [-0.39, 0.29) is 11.7 Å². The first-order valence-electron chi connectivity index (χ1n) is 10.1. The lowest BCUT2D eigenvalue weighted by Crippen LogP contribution is -2.34. The number of aryl methyl sites for hydroxylation is 1. The number of amides is 1. The Labute approximate surface area is 182 Å². The molecule has 0 radical (unpaired) electrons. The fourth-order valence-electron chi connectivity index (χ4n) is 3.89. The summed E-state index contributed by atoms with van der Waals surface area (Å²) >= 11 is 6.09. The summed E-state index contributed by atoms with van der Waals surface area (Å²) < 4.78 is 13.1. The van der Waals surface area contributed by atoms with E-state index >= 15 is 0 Å². The van der Waals surface area contributed by atoms with Gasteiger partial charge < -0.3 is 14.6 Å². The number of benzene rings is 1. The maximum atomic E-state index is 13.1. The van der Waals surface area contributed by atoms with Crippen molar-refractivity contribution in [2.75, 3.05) is 26.7 Å². The topological polar surface area (TPSA) is 69.3 Å². The second kappa shape index (κ2) is 11.2. The molecule has 4 rings (SSSR count).